The molecule has 0 aliphatic heterocycles. The zero-order valence-electron chi connectivity index (χ0n) is 14.8. The zero-order chi connectivity index (χ0) is 19.5. The molecule has 9 heteroatoms. The predicted molar refractivity (Wildman–Crippen MR) is 105 cm³/mol. The van der Waals surface area contributed by atoms with Gasteiger partial charge < -0.3 is 5.32 Å². The van der Waals surface area contributed by atoms with Crippen LogP contribution in [0.3, 0.4) is 0 Å². The number of hydrogen-bond acceptors (Lipinski definition) is 6. The molecule has 3 aromatic heterocycles. The Labute approximate surface area is 164 Å². The summed E-state index contributed by atoms with van der Waals surface area (Å²) in [6, 6.07) is 12.0. The minimum absolute atomic E-state index is 0.0924. The first kappa shape index (κ1) is 18.1. The van der Waals surface area contributed by atoms with E-state index in [2.05, 4.69) is 25.6 Å². The third-order valence-electron chi connectivity index (χ3n) is 3.98. The third kappa shape index (κ3) is 3.84. The Kier molecular flexibility index (Phi) is 4.98. The van der Waals surface area contributed by atoms with Crippen molar-refractivity contribution in [1.29, 1.82) is 0 Å². The van der Waals surface area contributed by atoms with E-state index in [9.17, 15) is 9.18 Å². The summed E-state index contributed by atoms with van der Waals surface area (Å²) >= 11 is 1.20. The van der Waals surface area contributed by atoms with Crippen LogP contribution in [0.15, 0.2) is 60.0 Å². The number of fused-ring (bicyclic) bond motifs is 1. The SMILES string of the molecule is Cc1ccc(NC(=O)CSc2nnc3ccc(-c4cccnc4)nn23)cc1F. The number of nitrogens with zero attached hydrogens (tertiary/aromatic N) is 5. The molecule has 140 valence electrons. The van der Waals surface area contributed by atoms with E-state index in [-0.39, 0.29) is 17.5 Å². The van der Waals surface area contributed by atoms with Crippen molar-refractivity contribution < 1.29 is 9.18 Å². The van der Waals surface area contributed by atoms with Gasteiger partial charge in [0.15, 0.2) is 5.65 Å². The summed E-state index contributed by atoms with van der Waals surface area (Å²) in [6.07, 6.45) is 3.42. The molecule has 0 saturated heterocycles. The minimum Gasteiger partial charge on any atom is -0.325 e. The van der Waals surface area contributed by atoms with Crippen molar-refractivity contribution in [3.05, 3.63) is 66.2 Å². The van der Waals surface area contributed by atoms with Crippen molar-refractivity contribution in [2.24, 2.45) is 0 Å². The fourth-order valence-electron chi connectivity index (χ4n) is 2.53. The molecule has 0 fully saturated rings. The summed E-state index contributed by atoms with van der Waals surface area (Å²) < 4.78 is 15.2. The Morgan fingerprint density at radius 1 is 1.21 bits per heavy atom. The minimum atomic E-state index is -0.360. The second-order valence-electron chi connectivity index (χ2n) is 6.01. The topological polar surface area (TPSA) is 85.1 Å². The molecule has 1 amide bonds. The van der Waals surface area contributed by atoms with Gasteiger partial charge in [-0.3, -0.25) is 9.78 Å². The fraction of sp³-hybridized carbons (Fsp3) is 0.105. The predicted octanol–water partition coefficient (Wildman–Crippen LogP) is 3.36. The molecular formula is C19H15FN6OS. The molecule has 0 atom stereocenters. The van der Waals surface area contributed by atoms with Gasteiger partial charge in [-0.1, -0.05) is 17.8 Å². The summed E-state index contributed by atoms with van der Waals surface area (Å²) in [6.45, 7) is 1.67. The van der Waals surface area contributed by atoms with Crippen molar-refractivity contribution in [2.75, 3.05) is 11.1 Å². The van der Waals surface area contributed by atoms with Crippen LogP contribution >= 0.6 is 11.8 Å². The summed E-state index contributed by atoms with van der Waals surface area (Å²) in [5, 5.41) is 15.9. The second kappa shape index (κ2) is 7.73. The number of carbonyl (C=O) groups excluding carboxylic acids is 1. The van der Waals surface area contributed by atoms with Gasteiger partial charge in [0.1, 0.15) is 5.82 Å². The number of anilines is 1. The number of nitrogens with one attached hydrogen (secondary N) is 1. The number of thioether (sulfide) groups is 1. The first-order chi connectivity index (χ1) is 13.6. The first-order valence-electron chi connectivity index (χ1n) is 8.42. The Morgan fingerprint density at radius 2 is 2.11 bits per heavy atom. The maximum absolute atomic E-state index is 13.6. The van der Waals surface area contributed by atoms with Gasteiger partial charge in [-0.05, 0) is 48.9 Å². The Morgan fingerprint density at radius 3 is 2.89 bits per heavy atom. The number of halogens is 1. The Bertz CT molecular complexity index is 1150. The molecular weight excluding hydrogens is 379 g/mol. The van der Waals surface area contributed by atoms with Crippen LogP contribution in [0.5, 0.6) is 0 Å². The molecule has 0 aliphatic rings. The van der Waals surface area contributed by atoms with Gasteiger partial charge in [0, 0.05) is 23.6 Å². The quantitative estimate of drug-likeness (QED) is 0.523. The van der Waals surface area contributed by atoms with E-state index in [1.807, 2.05) is 24.3 Å². The van der Waals surface area contributed by atoms with Crippen molar-refractivity contribution >= 4 is 29.0 Å². The van der Waals surface area contributed by atoms with Gasteiger partial charge in [0.05, 0.1) is 11.4 Å². The van der Waals surface area contributed by atoms with Crippen LogP contribution < -0.4 is 5.32 Å². The highest BCUT2D eigenvalue weighted by molar-refractivity contribution is 7.99. The molecule has 0 saturated carbocycles. The summed E-state index contributed by atoms with van der Waals surface area (Å²) in [5.41, 5.74) is 3.11. The van der Waals surface area contributed by atoms with E-state index in [0.717, 1.165) is 11.3 Å². The highest BCUT2D eigenvalue weighted by atomic mass is 32.2. The normalized spacial score (nSPS) is 10.9. The van der Waals surface area contributed by atoms with E-state index in [0.29, 0.717) is 22.1 Å². The monoisotopic (exact) mass is 394 g/mol. The van der Waals surface area contributed by atoms with Crippen LogP contribution in [0.4, 0.5) is 10.1 Å². The van der Waals surface area contributed by atoms with Gasteiger partial charge in [0.25, 0.3) is 0 Å². The molecule has 0 spiro atoms. The number of carbonyl (C=O) groups is 1. The van der Waals surface area contributed by atoms with Crippen molar-refractivity contribution in [3.8, 4) is 11.3 Å². The molecule has 7 nitrogen and oxygen atoms in total. The van der Waals surface area contributed by atoms with E-state index in [1.54, 1.807) is 36.0 Å². The van der Waals surface area contributed by atoms with Crippen LogP contribution in [0.1, 0.15) is 5.56 Å². The third-order valence-corrected chi connectivity index (χ3v) is 4.90. The van der Waals surface area contributed by atoms with E-state index < -0.39 is 0 Å². The van der Waals surface area contributed by atoms with E-state index >= 15 is 0 Å². The van der Waals surface area contributed by atoms with Crippen molar-refractivity contribution in [1.82, 2.24) is 24.8 Å². The Balaban J connectivity index is 1.48. The van der Waals surface area contributed by atoms with E-state index in [1.165, 1.54) is 17.8 Å². The lowest BCUT2D eigenvalue weighted by atomic mass is 10.2. The lowest BCUT2D eigenvalue weighted by Gasteiger charge is -2.06. The lowest BCUT2D eigenvalue weighted by Crippen LogP contribution is -2.14. The number of pyridine rings is 1. The van der Waals surface area contributed by atoms with Gasteiger partial charge in [-0.2, -0.15) is 9.61 Å². The first-order valence-corrected chi connectivity index (χ1v) is 9.40. The molecule has 4 rings (SSSR count). The Hall–Kier alpha value is -3.33. The number of hydrogen-bond donors (Lipinski definition) is 1. The van der Waals surface area contributed by atoms with Gasteiger partial charge in [-0.25, -0.2) is 4.39 Å². The molecule has 4 aromatic rings. The molecule has 28 heavy (non-hydrogen) atoms. The number of aryl methyl sites for hydroxylation is 1. The summed E-state index contributed by atoms with van der Waals surface area (Å²) in [5.74, 6) is -0.538. The second-order valence-corrected chi connectivity index (χ2v) is 6.96. The van der Waals surface area contributed by atoms with Crippen LogP contribution in [-0.4, -0.2) is 36.5 Å². The molecule has 3 heterocycles. The average molecular weight is 394 g/mol. The smallest absolute Gasteiger partial charge is 0.234 e. The van der Waals surface area contributed by atoms with Crippen LogP contribution in [-0.2, 0) is 4.79 Å². The van der Waals surface area contributed by atoms with Crippen molar-refractivity contribution in [3.63, 3.8) is 0 Å². The van der Waals surface area contributed by atoms with Crippen LogP contribution in [0.2, 0.25) is 0 Å². The number of amides is 1. The zero-order valence-corrected chi connectivity index (χ0v) is 15.7. The molecule has 0 radical (unpaired) electrons. The van der Waals surface area contributed by atoms with Gasteiger partial charge >= 0.3 is 0 Å². The van der Waals surface area contributed by atoms with Gasteiger partial charge in [-0.15, -0.1) is 10.2 Å². The van der Waals surface area contributed by atoms with Gasteiger partial charge in [0.2, 0.25) is 11.1 Å². The van der Waals surface area contributed by atoms with Crippen LogP contribution in [0.25, 0.3) is 16.9 Å². The standard InChI is InChI=1S/C19H15FN6OS/c1-12-4-5-14(9-15(12)20)22-18(27)11-28-19-24-23-17-7-6-16(25-26(17)19)13-3-2-8-21-10-13/h2-10H,11H2,1H3,(H,22,27). The average Bonchev–Trinajstić information content (AvgIpc) is 3.12. The molecule has 1 N–H and O–H groups in total. The number of rotatable bonds is 5. The largest absolute Gasteiger partial charge is 0.325 e. The number of benzene rings is 1. The lowest BCUT2D eigenvalue weighted by molar-refractivity contribution is -0.113. The maximum atomic E-state index is 13.6. The molecule has 0 unspecified atom stereocenters. The summed E-state index contributed by atoms with van der Waals surface area (Å²) in [4.78, 5) is 16.3. The highest BCUT2D eigenvalue weighted by Crippen LogP contribution is 2.20. The highest BCUT2D eigenvalue weighted by Gasteiger charge is 2.12. The maximum Gasteiger partial charge on any atom is 0.234 e. The fourth-order valence-corrected chi connectivity index (χ4v) is 3.21. The van der Waals surface area contributed by atoms with E-state index in [4.69, 9.17) is 0 Å². The molecule has 0 bridgehead atoms. The summed E-state index contributed by atoms with van der Waals surface area (Å²) in [7, 11) is 0. The number of aromatic nitrogens is 5. The van der Waals surface area contributed by atoms with Crippen molar-refractivity contribution in [2.45, 2.75) is 12.1 Å². The van der Waals surface area contributed by atoms with Crippen LogP contribution in [0, 0.1) is 12.7 Å². The molecule has 1 aromatic carbocycles. The molecule has 0 aliphatic carbocycles.